The van der Waals surface area contributed by atoms with Gasteiger partial charge in [-0.1, -0.05) is 22.9 Å². The first kappa shape index (κ1) is 14.3. The maximum absolute atomic E-state index is 12.2. The Bertz CT molecular complexity index is 791. The highest BCUT2D eigenvalue weighted by atomic mass is 32.1. The molecule has 3 aromatic rings. The molecule has 0 aliphatic carbocycles. The van der Waals surface area contributed by atoms with Gasteiger partial charge in [0.25, 0.3) is 11.8 Å². The Morgan fingerprint density at radius 2 is 2.27 bits per heavy atom. The molecule has 1 N–H and O–H groups in total. The van der Waals surface area contributed by atoms with E-state index >= 15 is 0 Å². The molecule has 0 radical (unpaired) electrons. The standard InChI is InChI=1S/C12H13N7O2S/c1-3-4-7-9(22-18-14-7)10(20)13-12-16-15-11(21-12)8-5-6-19(2)17-8/h5-6H,3-4H2,1-2H3,(H,13,16,20). The summed E-state index contributed by atoms with van der Waals surface area (Å²) in [7, 11) is 1.79. The maximum atomic E-state index is 12.2. The molecule has 10 heteroatoms. The molecule has 0 aromatic carbocycles. The minimum Gasteiger partial charge on any atom is -0.401 e. The van der Waals surface area contributed by atoms with Crippen molar-refractivity contribution in [3.8, 4) is 11.6 Å². The fraction of sp³-hybridized carbons (Fsp3) is 0.333. The van der Waals surface area contributed by atoms with Crippen molar-refractivity contribution in [2.24, 2.45) is 7.05 Å². The topological polar surface area (TPSA) is 112 Å². The molecule has 114 valence electrons. The van der Waals surface area contributed by atoms with Crippen molar-refractivity contribution in [3.63, 3.8) is 0 Å². The monoisotopic (exact) mass is 319 g/mol. The fourth-order valence-electron chi connectivity index (χ4n) is 1.84. The molecule has 0 spiro atoms. The highest BCUT2D eigenvalue weighted by Crippen LogP contribution is 2.19. The number of amides is 1. The highest BCUT2D eigenvalue weighted by Gasteiger charge is 2.19. The lowest BCUT2D eigenvalue weighted by molar-refractivity contribution is 0.102. The fourth-order valence-corrected chi connectivity index (χ4v) is 2.44. The lowest BCUT2D eigenvalue weighted by Gasteiger charge is -1.98. The molecule has 0 saturated carbocycles. The molecule has 0 aliphatic rings. The van der Waals surface area contributed by atoms with E-state index in [0.717, 1.165) is 18.0 Å². The molecule has 22 heavy (non-hydrogen) atoms. The summed E-state index contributed by atoms with van der Waals surface area (Å²) in [5.74, 6) is -0.109. The van der Waals surface area contributed by atoms with Crippen LogP contribution in [0.2, 0.25) is 0 Å². The first-order valence-corrected chi connectivity index (χ1v) is 7.40. The zero-order valence-electron chi connectivity index (χ0n) is 12.0. The molecular weight excluding hydrogens is 306 g/mol. The smallest absolute Gasteiger partial charge is 0.322 e. The lowest BCUT2D eigenvalue weighted by Crippen LogP contribution is -2.12. The van der Waals surface area contributed by atoms with Gasteiger partial charge in [0.15, 0.2) is 0 Å². The van der Waals surface area contributed by atoms with E-state index in [-0.39, 0.29) is 17.8 Å². The summed E-state index contributed by atoms with van der Waals surface area (Å²) in [6.07, 6.45) is 3.34. The summed E-state index contributed by atoms with van der Waals surface area (Å²) < 4.78 is 10.8. The third-order valence-corrected chi connectivity index (χ3v) is 3.59. The Balaban J connectivity index is 1.74. The van der Waals surface area contributed by atoms with Crippen LogP contribution in [0.5, 0.6) is 0 Å². The van der Waals surface area contributed by atoms with Gasteiger partial charge < -0.3 is 4.42 Å². The maximum Gasteiger partial charge on any atom is 0.322 e. The third-order valence-electron chi connectivity index (χ3n) is 2.83. The van der Waals surface area contributed by atoms with E-state index in [1.165, 1.54) is 0 Å². The third kappa shape index (κ3) is 2.86. The van der Waals surface area contributed by atoms with Gasteiger partial charge in [0.1, 0.15) is 10.6 Å². The van der Waals surface area contributed by atoms with Gasteiger partial charge in [-0.15, -0.1) is 10.2 Å². The molecule has 3 rings (SSSR count). The number of nitrogens with one attached hydrogen (secondary N) is 1. The summed E-state index contributed by atoms with van der Waals surface area (Å²) in [5.41, 5.74) is 1.22. The van der Waals surface area contributed by atoms with Crippen molar-refractivity contribution in [2.45, 2.75) is 19.8 Å². The van der Waals surface area contributed by atoms with Gasteiger partial charge in [-0.2, -0.15) is 5.10 Å². The van der Waals surface area contributed by atoms with Gasteiger partial charge in [0.05, 0.1) is 5.69 Å². The van der Waals surface area contributed by atoms with Crippen molar-refractivity contribution in [2.75, 3.05) is 5.32 Å². The second-order valence-corrected chi connectivity index (χ2v) is 5.29. The Morgan fingerprint density at radius 1 is 1.41 bits per heavy atom. The van der Waals surface area contributed by atoms with Crippen LogP contribution >= 0.6 is 11.5 Å². The van der Waals surface area contributed by atoms with Gasteiger partial charge in [-0.05, 0) is 24.0 Å². The molecule has 0 unspecified atom stereocenters. The number of aryl methyl sites for hydroxylation is 2. The number of hydrogen-bond acceptors (Lipinski definition) is 8. The molecule has 0 atom stereocenters. The number of hydrogen-bond donors (Lipinski definition) is 1. The van der Waals surface area contributed by atoms with E-state index in [2.05, 4.69) is 30.2 Å². The van der Waals surface area contributed by atoms with Crippen LogP contribution in [0, 0.1) is 0 Å². The summed E-state index contributed by atoms with van der Waals surface area (Å²) in [6, 6.07) is 1.76. The van der Waals surface area contributed by atoms with Gasteiger partial charge >= 0.3 is 6.01 Å². The van der Waals surface area contributed by atoms with Crippen molar-refractivity contribution in [1.82, 2.24) is 29.6 Å². The van der Waals surface area contributed by atoms with Crippen LogP contribution in [0.15, 0.2) is 16.7 Å². The van der Waals surface area contributed by atoms with Crippen LogP contribution in [-0.2, 0) is 13.5 Å². The predicted molar refractivity (Wildman–Crippen MR) is 78.4 cm³/mol. The van der Waals surface area contributed by atoms with E-state index in [4.69, 9.17) is 4.42 Å². The number of carbonyl (C=O) groups excluding carboxylic acids is 1. The summed E-state index contributed by atoms with van der Waals surface area (Å²) in [4.78, 5) is 12.7. The molecule has 3 heterocycles. The molecule has 0 aliphatic heterocycles. The Labute approximate surface area is 129 Å². The van der Waals surface area contributed by atoms with Crippen LogP contribution in [-0.4, -0.2) is 35.5 Å². The average molecular weight is 319 g/mol. The number of rotatable bonds is 5. The van der Waals surface area contributed by atoms with E-state index in [0.29, 0.717) is 22.7 Å². The van der Waals surface area contributed by atoms with Crippen LogP contribution in [0.3, 0.4) is 0 Å². The molecule has 0 fully saturated rings. The highest BCUT2D eigenvalue weighted by molar-refractivity contribution is 7.08. The number of nitrogens with zero attached hydrogens (tertiary/aromatic N) is 6. The summed E-state index contributed by atoms with van der Waals surface area (Å²) >= 11 is 1.04. The van der Waals surface area contributed by atoms with Gasteiger partial charge in [0, 0.05) is 13.2 Å². The van der Waals surface area contributed by atoms with Crippen LogP contribution in [0.25, 0.3) is 11.6 Å². The predicted octanol–water partition coefficient (Wildman–Crippen LogP) is 1.53. The molecular formula is C12H13N7O2S. The second-order valence-electron chi connectivity index (χ2n) is 4.54. The largest absolute Gasteiger partial charge is 0.401 e. The van der Waals surface area contributed by atoms with E-state index < -0.39 is 0 Å². The molecule has 0 bridgehead atoms. The molecule has 0 saturated heterocycles. The van der Waals surface area contributed by atoms with Crippen LogP contribution in [0.4, 0.5) is 6.01 Å². The minimum atomic E-state index is -0.352. The second kappa shape index (κ2) is 6.02. The summed E-state index contributed by atoms with van der Waals surface area (Å²) in [6.45, 7) is 2.01. The van der Waals surface area contributed by atoms with E-state index in [9.17, 15) is 4.79 Å². The average Bonchev–Trinajstić information content (AvgIpc) is 3.19. The molecule has 1 amide bonds. The van der Waals surface area contributed by atoms with Crippen molar-refractivity contribution in [1.29, 1.82) is 0 Å². The Kier molecular flexibility index (Phi) is 3.92. The zero-order chi connectivity index (χ0) is 15.5. The summed E-state index contributed by atoms with van der Waals surface area (Å²) in [5, 5.41) is 18.3. The number of aromatic nitrogens is 6. The van der Waals surface area contributed by atoms with Gasteiger partial charge in [-0.3, -0.25) is 14.8 Å². The van der Waals surface area contributed by atoms with Crippen molar-refractivity contribution < 1.29 is 9.21 Å². The Morgan fingerprint density at radius 3 is 3.00 bits per heavy atom. The van der Waals surface area contributed by atoms with Crippen LogP contribution < -0.4 is 5.32 Å². The van der Waals surface area contributed by atoms with Crippen LogP contribution in [0.1, 0.15) is 28.7 Å². The van der Waals surface area contributed by atoms with Crippen molar-refractivity contribution in [3.05, 3.63) is 22.8 Å². The molecule has 9 nitrogen and oxygen atoms in total. The van der Waals surface area contributed by atoms with E-state index in [1.807, 2.05) is 6.92 Å². The zero-order valence-corrected chi connectivity index (χ0v) is 12.8. The Hall–Kier alpha value is -2.62. The minimum absolute atomic E-state index is 0.0153. The molecule has 3 aromatic heterocycles. The van der Waals surface area contributed by atoms with Gasteiger partial charge in [0.2, 0.25) is 0 Å². The van der Waals surface area contributed by atoms with E-state index in [1.54, 1.807) is 24.0 Å². The first-order chi connectivity index (χ1) is 10.7. The lowest BCUT2D eigenvalue weighted by atomic mass is 10.2. The normalized spacial score (nSPS) is 10.8. The first-order valence-electron chi connectivity index (χ1n) is 6.63. The number of anilines is 1. The SMILES string of the molecule is CCCc1nnsc1C(=O)Nc1nnc(-c2ccn(C)n2)o1. The van der Waals surface area contributed by atoms with Gasteiger partial charge in [-0.25, -0.2) is 0 Å². The van der Waals surface area contributed by atoms with Crippen molar-refractivity contribution >= 4 is 23.5 Å². The quantitative estimate of drug-likeness (QED) is 0.758. The number of carbonyl (C=O) groups is 1.